The van der Waals surface area contributed by atoms with Crippen LogP contribution in [0.3, 0.4) is 0 Å². The Morgan fingerprint density at radius 2 is 2.12 bits per heavy atom. The highest BCUT2D eigenvalue weighted by molar-refractivity contribution is 7.49. The van der Waals surface area contributed by atoms with Crippen LogP contribution in [0.1, 0.15) is 24.6 Å². The van der Waals surface area contributed by atoms with Crippen LogP contribution in [0.25, 0.3) is 11.2 Å². The second-order valence-electron chi connectivity index (χ2n) is 7.65. The molecule has 1 aromatic carbocycles. The smallest absolute Gasteiger partial charge is 0.237 e. The van der Waals surface area contributed by atoms with Gasteiger partial charge in [-0.25, -0.2) is 20.0 Å². The summed E-state index contributed by atoms with van der Waals surface area (Å²) < 4.78 is 25.4. The average Bonchev–Trinajstić information content (AvgIpc) is 3.45. The molecule has 3 aromatic rings. The number of nitrogens with zero attached hydrogens (tertiary/aromatic N) is 4. The Balaban J connectivity index is 1.35. The number of ether oxygens (including phenoxy) is 1. The number of nitrogen functional groups attached to an aromatic ring is 1. The van der Waals surface area contributed by atoms with Crippen LogP contribution in [0.4, 0.5) is 5.82 Å². The van der Waals surface area contributed by atoms with E-state index < -0.39 is 25.8 Å². The average molecular weight is 474 g/mol. The maximum absolute atomic E-state index is 12.5. The predicted octanol–water partition coefficient (Wildman–Crippen LogP) is 0.518. The van der Waals surface area contributed by atoms with Crippen LogP contribution in [0.2, 0.25) is 0 Å². The summed E-state index contributed by atoms with van der Waals surface area (Å²) >= 11 is 0. The molecule has 4 N–H and O–H groups in total. The summed E-state index contributed by atoms with van der Waals surface area (Å²) in [5.74, 6) is -0.180. The first-order valence-corrected chi connectivity index (χ1v) is 12.0. The summed E-state index contributed by atoms with van der Waals surface area (Å²) in [7, 11) is -3.08. The van der Waals surface area contributed by atoms with Gasteiger partial charge in [0.25, 0.3) is 0 Å². The molecule has 33 heavy (non-hydrogen) atoms. The number of fused-ring (bicyclic) bond motifs is 1. The Labute approximate surface area is 190 Å². The number of likely N-dealkylation sites (N-methyl/N-ethyl adjacent to an activating group) is 1. The van der Waals surface area contributed by atoms with Crippen molar-refractivity contribution in [3.8, 4) is 0 Å². The lowest BCUT2D eigenvalue weighted by molar-refractivity contribution is -0.205. The Bertz CT molecular complexity index is 1160. The fourth-order valence-corrected chi connectivity index (χ4v) is 4.75. The van der Waals surface area contributed by atoms with E-state index in [1.165, 1.54) is 13.4 Å². The number of amides is 1. The third kappa shape index (κ3) is 5.55. The van der Waals surface area contributed by atoms with Crippen LogP contribution < -0.4 is 21.0 Å². The Hall–Kier alpha value is -2.89. The molecule has 3 heterocycles. The Morgan fingerprint density at radius 3 is 2.88 bits per heavy atom. The second kappa shape index (κ2) is 9.94. The van der Waals surface area contributed by atoms with Crippen molar-refractivity contribution in [3.05, 3.63) is 48.5 Å². The summed E-state index contributed by atoms with van der Waals surface area (Å²) in [4.78, 5) is 37.1. The number of nitrogens with two attached hydrogens (primary N) is 1. The number of carbonyl (C=O) groups is 1. The van der Waals surface area contributed by atoms with Gasteiger partial charge in [-0.3, -0.25) is 13.9 Å². The fourth-order valence-electron chi connectivity index (χ4n) is 3.73. The molecule has 4 atom stereocenters. The number of nitrogens with one attached hydrogen (secondary N) is 2. The van der Waals surface area contributed by atoms with Gasteiger partial charge in [-0.1, -0.05) is 30.3 Å². The lowest BCUT2D eigenvalue weighted by atomic mass is 10.1. The lowest BCUT2D eigenvalue weighted by Gasteiger charge is -2.29. The van der Waals surface area contributed by atoms with Gasteiger partial charge in [-0.05, 0) is 24.8 Å². The number of hydrogen-bond donors (Lipinski definition) is 3. The van der Waals surface area contributed by atoms with Crippen LogP contribution in [0, 0.1) is 0 Å². The quantitative estimate of drug-likeness (QED) is 0.372. The number of rotatable bonds is 9. The van der Waals surface area contributed by atoms with Crippen molar-refractivity contribution in [2.45, 2.75) is 37.6 Å². The van der Waals surface area contributed by atoms with Gasteiger partial charge in [0, 0.05) is 7.05 Å². The number of benzene rings is 1. The summed E-state index contributed by atoms with van der Waals surface area (Å²) in [6.07, 6.45) is 3.47. The largest absolute Gasteiger partial charge is 0.766 e. The number of imidazole rings is 1. The highest BCUT2D eigenvalue weighted by Gasteiger charge is 2.30. The minimum absolute atomic E-state index is 0.181. The first kappa shape index (κ1) is 23.3. The lowest BCUT2D eigenvalue weighted by Crippen LogP contribution is -2.45. The molecule has 0 saturated carbocycles. The van der Waals surface area contributed by atoms with Gasteiger partial charge in [0.05, 0.1) is 25.1 Å². The summed E-state index contributed by atoms with van der Waals surface area (Å²) in [5.41, 5.74) is 7.66. The van der Waals surface area contributed by atoms with Gasteiger partial charge >= 0.3 is 0 Å². The highest BCUT2D eigenvalue weighted by atomic mass is 31.2. The van der Waals surface area contributed by atoms with E-state index in [9.17, 15) is 14.3 Å². The molecule has 1 aliphatic rings. The zero-order valence-electron chi connectivity index (χ0n) is 18.0. The van der Waals surface area contributed by atoms with Crippen LogP contribution >= 0.6 is 7.75 Å². The van der Waals surface area contributed by atoms with Gasteiger partial charge in [0.15, 0.2) is 11.5 Å². The molecule has 0 radical (unpaired) electrons. The van der Waals surface area contributed by atoms with Crippen molar-refractivity contribution < 1.29 is 23.5 Å². The standard InChI is InChI=1S/C20H26N7O5P/c1-22-20(28)15(9-13-5-3-2-4-6-13)26-33(29,30)31-10-14-7-8-16(32-14)27-12-25-17-18(21)23-11-24-19(17)27/h2-6,11-12,14-16H,7-10H2,1H3,(H,22,28)(H2,21,23,24)(H2,26,29,30)/p-1/t14-,15-,16+/m0/s1. The van der Waals surface area contributed by atoms with Gasteiger partial charge in [-0.2, -0.15) is 0 Å². The molecule has 13 heteroatoms. The van der Waals surface area contributed by atoms with Crippen molar-refractivity contribution >= 4 is 30.6 Å². The number of carbonyl (C=O) groups excluding carboxylic acids is 1. The summed E-state index contributed by atoms with van der Waals surface area (Å²) in [5, 5.41) is 4.83. The van der Waals surface area contributed by atoms with E-state index >= 15 is 0 Å². The third-order valence-electron chi connectivity index (χ3n) is 5.37. The fraction of sp³-hybridized carbons (Fsp3) is 0.400. The van der Waals surface area contributed by atoms with E-state index in [-0.39, 0.29) is 25.1 Å². The second-order valence-corrected chi connectivity index (χ2v) is 9.16. The molecule has 1 fully saturated rings. The first-order valence-electron chi connectivity index (χ1n) is 10.4. The van der Waals surface area contributed by atoms with Crippen molar-refractivity contribution in [2.24, 2.45) is 0 Å². The van der Waals surface area contributed by atoms with Gasteiger partial charge in [0.2, 0.25) is 13.7 Å². The Morgan fingerprint density at radius 1 is 1.33 bits per heavy atom. The van der Waals surface area contributed by atoms with Crippen LogP contribution in [0.15, 0.2) is 43.0 Å². The van der Waals surface area contributed by atoms with Crippen molar-refractivity contribution in [2.75, 3.05) is 19.4 Å². The third-order valence-corrected chi connectivity index (χ3v) is 6.49. The van der Waals surface area contributed by atoms with Gasteiger partial charge < -0.3 is 25.2 Å². The molecule has 0 bridgehead atoms. The number of aromatic nitrogens is 4. The van der Waals surface area contributed by atoms with Gasteiger partial charge in [0.1, 0.15) is 18.1 Å². The topological polar surface area (TPSA) is 169 Å². The molecular weight excluding hydrogens is 449 g/mol. The monoisotopic (exact) mass is 474 g/mol. The van der Waals surface area contributed by atoms with E-state index in [1.54, 1.807) is 10.9 Å². The minimum atomic E-state index is -4.53. The molecule has 1 saturated heterocycles. The van der Waals surface area contributed by atoms with Crippen LogP contribution in [0.5, 0.6) is 0 Å². The van der Waals surface area contributed by atoms with E-state index in [2.05, 4.69) is 25.4 Å². The van der Waals surface area contributed by atoms with Crippen molar-refractivity contribution in [1.29, 1.82) is 0 Å². The SMILES string of the molecule is CNC(=O)[C@H](Cc1ccccc1)NP(=O)([O-])OC[C@@H]1CC[C@H](n2cnc3c(N)ncnc32)O1. The van der Waals surface area contributed by atoms with Crippen LogP contribution in [-0.2, 0) is 25.0 Å². The summed E-state index contributed by atoms with van der Waals surface area (Å²) in [6, 6.07) is 8.12. The van der Waals surface area contributed by atoms with E-state index in [1.807, 2.05) is 30.3 Å². The van der Waals surface area contributed by atoms with Crippen molar-refractivity contribution in [1.82, 2.24) is 29.9 Å². The number of hydrogen-bond acceptors (Lipinski definition) is 9. The molecule has 0 aliphatic carbocycles. The highest BCUT2D eigenvalue weighted by Crippen LogP contribution is 2.36. The molecule has 1 amide bonds. The molecule has 12 nitrogen and oxygen atoms in total. The molecule has 176 valence electrons. The van der Waals surface area contributed by atoms with Crippen molar-refractivity contribution in [3.63, 3.8) is 0 Å². The maximum Gasteiger partial charge on any atom is 0.237 e. The zero-order chi connectivity index (χ0) is 23.4. The predicted molar refractivity (Wildman–Crippen MR) is 118 cm³/mol. The van der Waals surface area contributed by atoms with E-state index in [0.29, 0.717) is 24.0 Å². The Kier molecular flexibility index (Phi) is 7.01. The summed E-state index contributed by atoms with van der Waals surface area (Å²) in [6.45, 7) is -0.181. The molecule has 1 aliphatic heterocycles. The van der Waals surface area contributed by atoms with E-state index in [4.69, 9.17) is 15.0 Å². The molecule has 4 rings (SSSR count). The zero-order valence-corrected chi connectivity index (χ0v) is 18.9. The van der Waals surface area contributed by atoms with Gasteiger partial charge in [-0.15, -0.1) is 0 Å². The minimum Gasteiger partial charge on any atom is -0.766 e. The first-order chi connectivity index (χ1) is 15.9. The molecule has 2 aromatic heterocycles. The number of anilines is 1. The normalized spacial score (nSPS) is 21.0. The van der Waals surface area contributed by atoms with E-state index in [0.717, 1.165) is 5.56 Å². The maximum atomic E-state index is 12.5. The molecular formula is C20H25N7O5P-. The molecule has 0 spiro atoms. The van der Waals surface area contributed by atoms with Crippen LogP contribution in [-0.4, -0.2) is 51.2 Å². The molecule has 1 unspecified atom stereocenters.